The molecule has 5 heteroatoms. The van der Waals surface area contributed by atoms with Gasteiger partial charge in [-0.1, -0.05) is 24.3 Å². The van der Waals surface area contributed by atoms with E-state index in [1.165, 1.54) is 0 Å². The molecule has 0 unspecified atom stereocenters. The molecule has 2 aromatic rings. The Kier molecular flexibility index (Phi) is 4.93. The summed E-state index contributed by atoms with van der Waals surface area (Å²) in [6, 6.07) is 15.4. The SMILES string of the molecule is CCNC(=O)c1cccc(NC(=O)Oc2ccccc2)c1. The maximum atomic E-state index is 11.8. The van der Waals surface area contributed by atoms with Crippen molar-refractivity contribution < 1.29 is 14.3 Å². The standard InChI is InChI=1S/C16H16N2O3/c1-2-17-15(19)12-7-6-8-13(11-12)18-16(20)21-14-9-4-3-5-10-14/h3-11H,2H2,1H3,(H,17,19)(H,18,20). The van der Waals surface area contributed by atoms with Crippen molar-refractivity contribution in [3.63, 3.8) is 0 Å². The van der Waals surface area contributed by atoms with E-state index in [1.54, 1.807) is 48.5 Å². The van der Waals surface area contributed by atoms with E-state index in [0.717, 1.165) is 0 Å². The molecule has 5 nitrogen and oxygen atoms in total. The first-order valence-corrected chi connectivity index (χ1v) is 6.61. The Balaban J connectivity index is 2.01. The van der Waals surface area contributed by atoms with Crippen LogP contribution in [-0.4, -0.2) is 18.5 Å². The van der Waals surface area contributed by atoms with Gasteiger partial charge in [-0.3, -0.25) is 10.1 Å². The summed E-state index contributed by atoms with van der Waals surface area (Å²) in [5.41, 5.74) is 0.981. The minimum absolute atomic E-state index is 0.183. The normalized spacial score (nSPS) is 9.76. The summed E-state index contributed by atoms with van der Waals surface area (Å²) in [6.07, 6.45) is -0.603. The summed E-state index contributed by atoms with van der Waals surface area (Å²) in [5, 5.41) is 5.29. The lowest BCUT2D eigenvalue weighted by molar-refractivity contribution is 0.0955. The molecule has 0 saturated heterocycles. The van der Waals surface area contributed by atoms with E-state index in [0.29, 0.717) is 23.5 Å². The lowest BCUT2D eigenvalue weighted by Crippen LogP contribution is -2.23. The summed E-state index contributed by atoms with van der Waals surface area (Å²) in [6.45, 7) is 2.39. The molecule has 0 spiro atoms. The molecule has 0 atom stereocenters. The smallest absolute Gasteiger partial charge is 0.410 e. The molecule has 2 aromatic carbocycles. The minimum atomic E-state index is -0.603. The first-order chi connectivity index (χ1) is 10.2. The van der Waals surface area contributed by atoms with Crippen molar-refractivity contribution in [3.8, 4) is 5.75 Å². The summed E-state index contributed by atoms with van der Waals surface area (Å²) < 4.78 is 5.12. The Morgan fingerprint density at radius 3 is 2.52 bits per heavy atom. The fraction of sp³-hybridized carbons (Fsp3) is 0.125. The number of amides is 2. The van der Waals surface area contributed by atoms with Gasteiger partial charge in [-0.25, -0.2) is 4.79 Å². The second-order valence-electron chi connectivity index (χ2n) is 4.27. The van der Waals surface area contributed by atoms with E-state index < -0.39 is 6.09 Å². The molecule has 0 saturated carbocycles. The van der Waals surface area contributed by atoms with Gasteiger partial charge in [-0.2, -0.15) is 0 Å². The molecule has 0 radical (unpaired) electrons. The van der Waals surface area contributed by atoms with Gasteiger partial charge < -0.3 is 10.1 Å². The Morgan fingerprint density at radius 1 is 1.05 bits per heavy atom. The molecule has 0 bridgehead atoms. The van der Waals surface area contributed by atoms with Crippen molar-refractivity contribution in [2.24, 2.45) is 0 Å². The van der Waals surface area contributed by atoms with Gasteiger partial charge in [0.25, 0.3) is 5.91 Å². The van der Waals surface area contributed by atoms with Crippen molar-refractivity contribution in [3.05, 3.63) is 60.2 Å². The van der Waals surface area contributed by atoms with E-state index in [-0.39, 0.29) is 5.91 Å². The highest BCUT2D eigenvalue weighted by Crippen LogP contribution is 2.13. The molecule has 21 heavy (non-hydrogen) atoms. The largest absolute Gasteiger partial charge is 0.417 e. The molecular formula is C16H16N2O3. The van der Waals surface area contributed by atoms with Crippen molar-refractivity contribution in [2.75, 3.05) is 11.9 Å². The Morgan fingerprint density at radius 2 is 1.81 bits per heavy atom. The predicted octanol–water partition coefficient (Wildman–Crippen LogP) is 3.05. The van der Waals surface area contributed by atoms with Crippen molar-refractivity contribution in [1.29, 1.82) is 0 Å². The molecule has 0 fully saturated rings. The van der Waals surface area contributed by atoms with Crippen LogP contribution in [0, 0.1) is 0 Å². The van der Waals surface area contributed by atoms with Crippen LogP contribution in [0.3, 0.4) is 0 Å². The van der Waals surface area contributed by atoms with Gasteiger partial charge in [0.15, 0.2) is 0 Å². The molecule has 2 amide bonds. The lowest BCUT2D eigenvalue weighted by atomic mass is 10.2. The monoisotopic (exact) mass is 284 g/mol. The third kappa shape index (κ3) is 4.35. The lowest BCUT2D eigenvalue weighted by Gasteiger charge is -2.08. The topological polar surface area (TPSA) is 67.4 Å². The van der Waals surface area contributed by atoms with Gasteiger partial charge in [0, 0.05) is 17.8 Å². The van der Waals surface area contributed by atoms with Gasteiger partial charge >= 0.3 is 6.09 Å². The highest BCUT2D eigenvalue weighted by atomic mass is 16.6. The highest BCUT2D eigenvalue weighted by Gasteiger charge is 2.08. The quantitative estimate of drug-likeness (QED) is 0.906. The van der Waals surface area contributed by atoms with Crippen LogP contribution in [0.1, 0.15) is 17.3 Å². The first kappa shape index (κ1) is 14.6. The van der Waals surface area contributed by atoms with E-state index in [9.17, 15) is 9.59 Å². The third-order valence-corrected chi connectivity index (χ3v) is 2.66. The number of nitrogens with one attached hydrogen (secondary N) is 2. The number of benzene rings is 2. The van der Waals surface area contributed by atoms with Crippen molar-refractivity contribution >= 4 is 17.7 Å². The van der Waals surface area contributed by atoms with Crippen LogP contribution in [-0.2, 0) is 0 Å². The minimum Gasteiger partial charge on any atom is -0.410 e. The summed E-state index contributed by atoms with van der Waals surface area (Å²) in [7, 11) is 0. The molecule has 0 heterocycles. The fourth-order valence-corrected chi connectivity index (χ4v) is 1.74. The number of ether oxygens (including phenoxy) is 1. The predicted molar refractivity (Wildman–Crippen MR) is 80.5 cm³/mol. The summed E-state index contributed by atoms with van der Waals surface area (Å²) in [4.78, 5) is 23.5. The van der Waals surface area contributed by atoms with Crippen LogP contribution >= 0.6 is 0 Å². The zero-order valence-electron chi connectivity index (χ0n) is 11.6. The van der Waals surface area contributed by atoms with Crippen LogP contribution in [0.25, 0.3) is 0 Å². The van der Waals surface area contributed by atoms with Crippen LogP contribution in [0.4, 0.5) is 10.5 Å². The molecule has 2 rings (SSSR count). The Labute approximate surface area is 122 Å². The third-order valence-electron chi connectivity index (χ3n) is 2.66. The van der Waals surface area contributed by atoms with Crippen LogP contribution in [0.15, 0.2) is 54.6 Å². The number of hydrogen-bond acceptors (Lipinski definition) is 3. The average molecular weight is 284 g/mol. The molecule has 2 N–H and O–H groups in total. The van der Waals surface area contributed by atoms with E-state index in [4.69, 9.17) is 4.74 Å². The number of rotatable bonds is 4. The number of para-hydroxylation sites is 1. The van der Waals surface area contributed by atoms with Crippen molar-refractivity contribution in [1.82, 2.24) is 5.32 Å². The number of carbonyl (C=O) groups excluding carboxylic acids is 2. The van der Waals surface area contributed by atoms with Crippen LogP contribution in [0.5, 0.6) is 5.75 Å². The Bertz CT molecular complexity index is 626. The van der Waals surface area contributed by atoms with Gasteiger partial charge in [0.1, 0.15) is 5.75 Å². The number of carbonyl (C=O) groups is 2. The molecule has 0 aliphatic carbocycles. The first-order valence-electron chi connectivity index (χ1n) is 6.61. The number of anilines is 1. The zero-order chi connectivity index (χ0) is 15.1. The zero-order valence-corrected chi connectivity index (χ0v) is 11.6. The average Bonchev–Trinajstić information content (AvgIpc) is 2.48. The summed E-state index contributed by atoms with van der Waals surface area (Å²) >= 11 is 0. The Hall–Kier alpha value is -2.82. The van der Waals surface area contributed by atoms with Gasteiger partial charge in [0.2, 0.25) is 0 Å². The van der Waals surface area contributed by atoms with E-state index >= 15 is 0 Å². The second kappa shape index (κ2) is 7.09. The van der Waals surface area contributed by atoms with Crippen molar-refractivity contribution in [2.45, 2.75) is 6.92 Å². The van der Waals surface area contributed by atoms with E-state index in [1.807, 2.05) is 13.0 Å². The van der Waals surface area contributed by atoms with Crippen LogP contribution in [0.2, 0.25) is 0 Å². The fourth-order valence-electron chi connectivity index (χ4n) is 1.74. The highest BCUT2D eigenvalue weighted by molar-refractivity contribution is 5.96. The van der Waals surface area contributed by atoms with Crippen LogP contribution < -0.4 is 15.4 Å². The van der Waals surface area contributed by atoms with Gasteiger partial charge in [-0.05, 0) is 37.3 Å². The van der Waals surface area contributed by atoms with Gasteiger partial charge in [-0.15, -0.1) is 0 Å². The molecule has 0 aliphatic heterocycles. The maximum Gasteiger partial charge on any atom is 0.417 e. The van der Waals surface area contributed by atoms with E-state index in [2.05, 4.69) is 10.6 Å². The molecule has 0 aliphatic rings. The summed E-state index contributed by atoms with van der Waals surface area (Å²) in [5.74, 6) is 0.271. The molecule has 108 valence electrons. The van der Waals surface area contributed by atoms with Gasteiger partial charge in [0.05, 0.1) is 0 Å². The molecular weight excluding hydrogens is 268 g/mol. The number of hydrogen-bond donors (Lipinski definition) is 2. The maximum absolute atomic E-state index is 11.8. The second-order valence-corrected chi connectivity index (χ2v) is 4.27. The molecule has 0 aromatic heterocycles.